The van der Waals surface area contributed by atoms with Crippen molar-refractivity contribution in [2.75, 3.05) is 6.54 Å². The summed E-state index contributed by atoms with van der Waals surface area (Å²) in [6.07, 6.45) is 2.68. The monoisotopic (exact) mass is 269 g/mol. The summed E-state index contributed by atoms with van der Waals surface area (Å²) in [5.74, 6) is -0.305. The van der Waals surface area contributed by atoms with E-state index in [2.05, 4.69) is 5.32 Å². The van der Waals surface area contributed by atoms with Crippen LogP contribution in [0.15, 0.2) is 18.2 Å². The van der Waals surface area contributed by atoms with Crippen molar-refractivity contribution in [1.82, 2.24) is 5.32 Å². The number of rotatable bonds is 4. The Morgan fingerprint density at radius 2 is 2.33 bits per heavy atom. The van der Waals surface area contributed by atoms with Crippen molar-refractivity contribution in [3.8, 4) is 0 Å². The maximum atomic E-state index is 13.6. The molecular formula is C14H17ClFNO. The van der Waals surface area contributed by atoms with Crippen LogP contribution in [0.3, 0.4) is 0 Å². The summed E-state index contributed by atoms with van der Waals surface area (Å²) in [6, 6.07) is 4.34. The Hall–Kier alpha value is -0.930. The molecule has 0 radical (unpaired) electrons. The number of hydrogen-bond donors (Lipinski definition) is 1. The second-order valence-corrected chi connectivity index (χ2v) is 5.24. The molecule has 1 N–H and O–H groups in total. The molecule has 0 aliphatic carbocycles. The lowest BCUT2D eigenvalue weighted by Gasteiger charge is -2.26. The summed E-state index contributed by atoms with van der Waals surface area (Å²) in [4.78, 5) is 12.4. The zero-order chi connectivity index (χ0) is 13.2. The Kier molecular flexibility index (Phi) is 4.03. The number of carbonyl (C=O) groups is 1. The topological polar surface area (TPSA) is 29.1 Å². The fraction of sp³-hybridized carbons (Fsp3) is 0.500. The van der Waals surface area contributed by atoms with Gasteiger partial charge in [0, 0.05) is 11.4 Å². The lowest BCUT2D eigenvalue weighted by molar-refractivity contribution is -0.124. The van der Waals surface area contributed by atoms with Crippen LogP contribution in [0.4, 0.5) is 4.39 Å². The fourth-order valence-corrected chi connectivity index (χ4v) is 2.76. The van der Waals surface area contributed by atoms with Crippen LogP contribution < -0.4 is 5.32 Å². The van der Waals surface area contributed by atoms with Crippen LogP contribution in [0.1, 0.15) is 31.7 Å². The quantitative estimate of drug-likeness (QED) is 0.910. The lowest BCUT2D eigenvalue weighted by atomic mass is 9.86. The van der Waals surface area contributed by atoms with E-state index in [0.717, 1.165) is 25.8 Å². The van der Waals surface area contributed by atoms with Crippen LogP contribution in [-0.4, -0.2) is 17.9 Å². The highest BCUT2D eigenvalue weighted by molar-refractivity contribution is 6.30. The molecule has 1 fully saturated rings. The number of halogens is 2. The van der Waals surface area contributed by atoms with Gasteiger partial charge < -0.3 is 5.32 Å². The molecule has 1 aliphatic heterocycles. The third-order valence-corrected chi connectivity index (χ3v) is 3.97. The van der Waals surface area contributed by atoms with E-state index in [1.165, 1.54) is 18.2 Å². The Morgan fingerprint density at radius 1 is 1.56 bits per heavy atom. The van der Waals surface area contributed by atoms with Crippen molar-refractivity contribution in [2.24, 2.45) is 0 Å². The zero-order valence-corrected chi connectivity index (χ0v) is 11.2. The van der Waals surface area contributed by atoms with Gasteiger partial charge in [0.15, 0.2) is 5.78 Å². The minimum atomic E-state index is -0.464. The molecule has 0 aromatic heterocycles. The molecule has 1 aromatic rings. The molecule has 1 heterocycles. The standard InChI is InChI=1S/C14H17ClFNO/c1-2-14(6-3-7-17-14)13(18)9-10-8-11(15)4-5-12(10)16/h4-5,8,17H,2-3,6-7,9H2,1H3. The molecule has 1 aromatic carbocycles. The van der Waals surface area contributed by atoms with Gasteiger partial charge in [-0.25, -0.2) is 4.39 Å². The van der Waals surface area contributed by atoms with Gasteiger partial charge in [-0.05, 0) is 49.6 Å². The average Bonchev–Trinajstić information content (AvgIpc) is 2.84. The third kappa shape index (κ3) is 2.57. The van der Waals surface area contributed by atoms with E-state index in [1.807, 2.05) is 6.92 Å². The van der Waals surface area contributed by atoms with Gasteiger partial charge in [-0.1, -0.05) is 18.5 Å². The molecule has 0 amide bonds. The van der Waals surface area contributed by atoms with E-state index in [-0.39, 0.29) is 18.0 Å². The second-order valence-electron chi connectivity index (χ2n) is 4.80. The molecule has 0 saturated carbocycles. The van der Waals surface area contributed by atoms with E-state index in [0.29, 0.717) is 10.6 Å². The SMILES string of the molecule is CCC1(C(=O)Cc2cc(Cl)ccc2F)CCCN1. The average molecular weight is 270 g/mol. The van der Waals surface area contributed by atoms with E-state index in [9.17, 15) is 9.18 Å². The minimum absolute atomic E-state index is 0.0590. The van der Waals surface area contributed by atoms with Gasteiger partial charge in [-0.3, -0.25) is 4.79 Å². The van der Waals surface area contributed by atoms with Crippen molar-refractivity contribution in [1.29, 1.82) is 0 Å². The molecular weight excluding hydrogens is 253 g/mol. The molecule has 0 spiro atoms. The number of Topliss-reactive ketones (excluding diaryl/α,β-unsaturated/α-hetero) is 1. The van der Waals surface area contributed by atoms with E-state index in [1.54, 1.807) is 0 Å². The van der Waals surface area contributed by atoms with Gasteiger partial charge in [0.2, 0.25) is 0 Å². The van der Waals surface area contributed by atoms with Gasteiger partial charge >= 0.3 is 0 Å². The summed E-state index contributed by atoms with van der Waals surface area (Å²) in [5.41, 5.74) is -0.0802. The molecule has 2 nitrogen and oxygen atoms in total. The predicted octanol–water partition coefficient (Wildman–Crippen LogP) is 3.12. The molecule has 4 heteroatoms. The summed E-state index contributed by atoms with van der Waals surface area (Å²) in [6.45, 7) is 2.85. The molecule has 18 heavy (non-hydrogen) atoms. The summed E-state index contributed by atoms with van der Waals surface area (Å²) < 4.78 is 13.6. The Balaban J connectivity index is 2.18. The largest absolute Gasteiger partial charge is 0.305 e. The highest BCUT2D eigenvalue weighted by Crippen LogP contribution is 2.26. The van der Waals surface area contributed by atoms with Gasteiger partial charge in [0.05, 0.1) is 5.54 Å². The maximum absolute atomic E-state index is 13.6. The van der Waals surface area contributed by atoms with Crippen molar-refractivity contribution in [3.63, 3.8) is 0 Å². The van der Waals surface area contributed by atoms with Gasteiger partial charge in [0.1, 0.15) is 5.82 Å². The van der Waals surface area contributed by atoms with Crippen LogP contribution in [0.2, 0.25) is 5.02 Å². The smallest absolute Gasteiger partial charge is 0.157 e. The van der Waals surface area contributed by atoms with Crippen molar-refractivity contribution in [3.05, 3.63) is 34.6 Å². The van der Waals surface area contributed by atoms with Crippen LogP contribution in [-0.2, 0) is 11.2 Å². The molecule has 0 bridgehead atoms. The van der Waals surface area contributed by atoms with Crippen LogP contribution >= 0.6 is 11.6 Å². The molecule has 98 valence electrons. The minimum Gasteiger partial charge on any atom is -0.305 e. The van der Waals surface area contributed by atoms with Crippen molar-refractivity contribution in [2.45, 2.75) is 38.1 Å². The molecule has 1 saturated heterocycles. The lowest BCUT2D eigenvalue weighted by Crippen LogP contribution is -2.47. The first-order valence-corrected chi connectivity index (χ1v) is 6.67. The molecule has 1 aliphatic rings. The number of hydrogen-bond acceptors (Lipinski definition) is 2. The summed E-state index contributed by atoms with van der Waals surface area (Å²) >= 11 is 5.83. The Morgan fingerprint density at radius 3 is 2.94 bits per heavy atom. The molecule has 1 atom stereocenters. The first kappa shape index (κ1) is 13.5. The van der Waals surface area contributed by atoms with Crippen molar-refractivity contribution < 1.29 is 9.18 Å². The highest BCUT2D eigenvalue weighted by atomic mass is 35.5. The third-order valence-electron chi connectivity index (χ3n) is 3.74. The number of ketones is 1. The van der Waals surface area contributed by atoms with Crippen LogP contribution in [0.5, 0.6) is 0 Å². The van der Waals surface area contributed by atoms with Gasteiger partial charge in [-0.15, -0.1) is 0 Å². The predicted molar refractivity (Wildman–Crippen MR) is 70.4 cm³/mol. The van der Waals surface area contributed by atoms with E-state index < -0.39 is 5.54 Å². The van der Waals surface area contributed by atoms with E-state index in [4.69, 9.17) is 11.6 Å². The number of nitrogens with one attached hydrogen (secondary N) is 1. The molecule has 1 unspecified atom stereocenters. The fourth-order valence-electron chi connectivity index (χ4n) is 2.56. The first-order valence-electron chi connectivity index (χ1n) is 6.29. The Labute approximate surface area is 112 Å². The van der Waals surface area contributed by atoms with Gasteiger partial charge in [0.25, 0.3) is 0 Å². The molecule has 2 rings (SSSR count). The van der Waals surface area contributed by atoms with Gasteiger partial charge in [-0.2, -0.15) is 0 Å². The second kappa shape index (κ2) is 5.37. The number of benzene rings is 1. The van der Waals surface area contributed by atoms with Crippen LogP contribution in [0, 0.1) is 5.82 Å². The highest BCUT2D eigenvalue weighted by Gasteiger charge is 2.38. The summed E-state index contributed by atoms with van der Waals surface area (Å²) in [7, 11) is 0. The van der Waals surface area contributed by atoms with E-state index >= 15 is 0 Å². The Bertz CT molecular complexity index is 455. The first-order chi connectivity index (χ1) is 8.57. The maximum Gasteiger partial charge on any atom is 0.157 e. The number of carbonyl (C=O) groups excluding carboxylic acids is 1. The van der Waals surface area contributed by atoms with Crippen molar-refractivity contribution >= 4 is 17.4 Å². The van der Waals surface area contributed by atoms with Crippen LogP contribution in [0.25, 0.3) is 0 Å². The zero-order valence-electron chi connectivity index (χ0n) is 10.4. The normalized spacial score (nSPS) is 23.3. The summed E-state index contributed by atoms with van der Waals surface area (Å²) in [5, 5.41) is 3.73.